The van der Waals surface area contributed by atoms with Crippen LogP contribution in [0.5, 0.6) is 5.75 Å². The average molecular weight is 475 g/mol. The molecule has 0 atom stereocenters. The highest BCUT2D eigenvalue weighted by Gasteiger charge is 2.24. The Bertz CT molecular complexity index is 1400. The first-order valence-electron chi connectivity index (χ1n) is 9.90. The van der Waals surface area contributed by atoms with Gasteiger partial charge in [-0.15, -0.1) is 0 Å². The van der Waals surface area contributed by atoms with Crippen LogP contribution in [0.3, 0.4) is 0 Å². The second kappa shape index (κ2) is 8.85. The van der Waals surface area contributed by atoms with E-state index >= 15 is 0 Å². The topological polar surface area (TPSA) is 108 Å². The molecule has 168 valence electrons. The van der Waals surface area contributed by atoms with Gasteiger partial charge in [-0.05, 0) is 48.9 Å². The van der Waals surface area contributed by atoms with Gasteiger partial charge in [0.05, 0.1) is 28.8 Å². The summed E-state index contributed by atoms with van der Waals surface area (Å²) in [4.78, 5) is 16.5. The molecule has 0 fully saturated rings. The molecule has 0 amide bonds. The maximum Gasteiger partial charge on any atom is 0.308 e. The summed E-state index contributed by atoms with van der Waals surface area (Å²) in [6.45, 7) is 2.50. The van der Waals surface area contributed by atoms with E-state index in [2.05, 4.69) is 10.1 Å². The Labute approximate surface area is 188 Å². The van der Waals surface area contributed by atoms with E-state index in [-0.39, 0.29) is 22.2 Å². The molecule has 0 aliphatic carbocycles. The Hall–Kier alpha value is -3.02. The van der Waals surface area contributed by atoms with Gasteiger partial charge in [-0.3, -0.25) is 9.36 Å². The van der Waals surface area contributed by atoms with Crippen LogP contribution in [0.4, 0.5) is 0 Å². The van der Waals surface area contributed by atoms with Crippen LogP contribution in [0, 0.1) is 0 Å². The summed E-state index contributed by atoms with van der Waals surface area (Å²) < 4.78 is 40.0. The van der Waals surface area contributed by atoms with Crippen LogP contribution in [-0.4, -0.2) is 41.6 Å². The number of hydrogen-bond acceptors (Lipinski definition) is 8. The third-order valence-corrected chi connectivity index (χ3v) is 7.71. The molecule has 2 heterocycles. The molecule has 0 unspecified atom stereocenters. The number of benzene rings is 2. The second-order valence-corrected chi connectivity index (χ2v) is 10.2. The number of fused-ring (bicyclic) bond motifs is 1. The number of methoxy groups -OCH3 is 1. The normalized spacial score (nSPS) is 12.0. The first kappa shape index (κ1) is 22.2. The zero-order valence-electron chi connectivity index (χ0n) is 17.8. The predicted molar refractivity (Wildman–Crippen MR) is 121 cm³/mol. The third kappa shape index (κ3) is 4.18. The van der Waals surface area contributed by atoms with Crippen LogP contribution >= 0.6 is 11.3 Å². The van der Waals surface area contributed by atoms with E-state index in [0.29, 0.717) is 22.8 Å². The van der Waals surface area contributed by atoms with E-state index in [1.807, 2.05) is 6.92 Å². The fourth-order valence-electron chi connectivity index (χ4n) is 3.27. The van der Waals surface area contributed by atoms with Gasteiger partial charge in [0.2, 0.25) is 21.7 Å². The van der Waals surface area contributed by atoms with Crippen LogP contribution in [0.25, 0.3) is 21.6 Å². The zero-order chi connectivity index (χ0) is 22.9. The molecular weight excluding hydrogens is 452 g/mol. The lowest BCUT2D eigenvalue weighted by Crippen LogP contribution is -2.26. The largest absolute Gasteiger partial charge is 0.497 e. The summed E-state index contributed by atoms with van der Waals surface area (Å²) in [5.74, 6) is 1.23. The Kier molecular flexibility index (Phi) is 6.13. The number of aromatic nitrogens is 3. The Morgan fingerprint density at radius 1 is 1.19 bits per heavy atom. The van der Waals surface area contributed by atoms with Crippen molar-refractivity contribution in [2.45, 2.75) is 31.3 Å². The van der Waals surface area contributed by atoms with Gasteiger partial charge in [-0.1, -0.05) is 23.4 Å². The fraction of sp³-hybridized carbons (Fsp3) is 0.286. The molecule has 0 aliphatic rings. The average Bonchev–Trinajstić information content (AvgIpc) is 3.38. The van der Waals surface area contributed by atoms with Gasteiger partial charge >= 0.3 is 4.87 Å². The molecule has 11 heteroatoms. The van der Waals surface area contributed by atoms with Crippen molar-refractivity contribution < 1.29 is 17.7 Å². The summed E-state index contributed by atoms with van der Waals surface area (Å²) in [6, 6.07) is 11.9. The van der Waals surface area contributed by atoms with E-state index in [1.165, 1.54) is 19.2 Å². The number of sulfonamides is 1. The van der Waals surface area contributed by atoms with E-state index in [0.717, 1.165) is 33.1 Å². The first-order chi connectivity index (χ1) is 15.3. The van der Waals surface area contributed by atoms with Crippen LogP contribution in [0.15, 0.2) is 56.7 Å². The molecule has 32 heavy (non-hydrogen) atoms. The molecule has 0 N–H and O–H groups in total. The summed E-state index contributed by atoms with van der Waals surface area (Å²) in [5, 5.41) is 3.94. The van der Waals surface area contributed by atoms with Crippen LogP contribution in [-0.2, 0) is 23.1 Å². The van der Waals surface area contributed by atoms with Gasteiger partial charge < -0.3 is 9.26 Å². The van der Waals surface area contributed by atoms with Crippen molar-refractivity contribution in [3.8, 4) is 17.1 Å². The zero-order valence-corrected chi connectivity index (χ0v) is 19.4. The van der Waals surface area contributed by atoms with Gasteiger partial charge in [0.1, 0.15) is 5.75 Å². The molecular formula is C21H22N4O5S2. The van der Waals surface area contributed by atoms with Gasteiger partial charge in [0.25, 0.3) is 0 Å². The number of ether oxygens (including phenoxy) is 1. The number of thiazole rings is 1. The molecule has 0 saturated carbocycles. The summed E-state index contributed by atoms with van der Waals surface area (Å²) in [5.41, 5.74) is 1.47. The van der Waals surface area contributed by atoms with Crippen molar-refractivity contribution in [1.29, 1.82) is 0 Å². The van der Waals surface area contributed by atoms with Crippen LogP contribution in [0.1, 0.15) is 19.2 Å². The summed E-state index contributed by atoms with van der Waals surface area (Å²) in [6.07, 6.45) is 0.817. The van der Waals surface area contributed by atoms with Crippen molar-refractivity contribution >= 4 is 31.6 Å². The first-order valence-corrected chi connectivity index (χ1v) is 12.2. The highest BCUT2D eigenvalue weighted by atomic mass is 32.2. The van der Waals surface area contributed by atoms with Crippen molar-refractivity contribution in [1.82, 2.24) is 19.0 Å². The molecule has 2 aromatic carbocycles. The van der Waals surface area contributed by atoms with Crippen LogP contribution in [0.2, 0.25) is 0 Å². The molecule has 0 spiro atoms. The van der Waals surface area contributed by atoms with Gasteiger partial charge in [0, 0.05) is 19.2 Å². The number of nitrogens with zero attached hydrogens (tertiary/aromatic N) is 4. The fourth-order valence-corrected chi connectivity index (χ4v) is 5.45. The lowest BCUT2D eigenvalue weighted by atomic mass is 10.2. The number of hydrogen-bond donors (Lipinski definition) is 0. The number of rotatable bonds is 8. The quantitative estimate of drug-likeness (QED) is 0.385. The molecule has 0 radical (unpaired) electrons. The van der Waals surface area contributed by atoms with Gasteiger partial charge in [0.15, 0.2) is 0 Å². The molecule has 0 saturated heterocycles. The Morgan fingerprint density at radius 2 is 1.94 bits per heavy atom. The van der Waals surface area contributed by atoms with Crippen molar-refractivity contribution in [2.75, 3.05) is 14.2 Å². The Morgan fingerprint density at radius 3 is 2.62 bits per heavy atom. The number of aryl methyl sites for hydroxylation is 1. The van der Waals surface area contributed by atoms with Crippen molar-refractivity contribution in [3.05, 3.63) is 58.0 Å². The molecule has 4 aromatic rings. The summed E-state index contributed by atoms with van der Waals surface area (Å²) in [7, 11) is -0.799. The second-order valence-electron chi connectivity index (χ2n) is 7.15. The maximum absolute atomic E-state index is 13.1. The highest BCUT2D eigenvalue weighted by molar-refractivity contribution is 7.89. The minimum absolute atomic E-state index is 0.0867. The SMILES string of the molecule is CCCn1c(=O)sc2cc(S(=O)(=O)N(C)Cc3nc(-c4ccc(OC)cc4)no3)ccc21. The standard InChI is InChI=1S/C21H22N4O5S2/c1-4-11-25-17-10-9-16(12-18(17)31-21(25)26)32(27,28)24(2)13-19-22-20(23-30-19)14-5-7-15(29-3)8-6-14/h5-10,12H,4,11,13H2,1-3H3. The smallest absolute Gasteiger partial charge is 0.308 e. The Balaban J connectivity index is 1.55. The van der Waals surface area contributed by atoms with E-state index in [1.54, 1.807) is 42.0 Å². The van der Waals surface area contributed by atoms with Crippen molar-refractivity contribution in [3.63, 3.8) is 0 Å². The third-order valence-electron chi connectivity index (χ3n) is 4.97. The monoisotopic (exact) mass is 474 g/mol. The van der Waals surface area contributed by atoms with Gasteiger partial charge in [-0.2, -0.15) is 9.29 Å². The van der Waals surface area contributed by atoms with Crippen LogP contribution < -0.4 is 9.61 Å². The lowest BCUT2D eigenvalue weighted by molar-refractivity contribution is 0.337. The molecule has 4 rings (SSSR count). The highest BCUT2D eigenvalue weighted by Crippen LogP contribution is 2.25. The predicted octanol–water partition coefficient (Wildman–Crippen LogP) is 3.35. The van der Waals surface area contributed by atoms with E-state index < -0.39 is 10.0 Å². The van der Waals surface area contributed by atoms with E-state index in [4.69, 9.17) is 9.26 Å². The minimum Gasteiger partial charge on any atom is -0.497 e. The summed E-state index contributed by atoms with van der Waals surface area (Å²) >= 11 is 1.04. The lowest BCUT2D eigenvalue weighted by Gasteiger charge is -2.15. The molecule has 0 bridgehead atoms. The molecule has 2 aromatic heterocycles. The van der Waals surface area contributed by atoms with E-state index in [9.17, 15) is 13.2 Å². The molecule has 9 nitrogen and oxygen atoms in total. The molecule has 0 aliphatic heterocycles. The maximum atomic E-state index is 13.1. The minimum atomic E-state index is -3.82. The van der Waals surface area contributed by atoms with Gasteiger partial charge in [-0.25, -0.2) is 8.42 Å². The van der Waals surface area contributed by atoms with Crippen molar-refractivity contribution in [2.24, 2.45) is 0 Å².